The fourth-order valence-electron chi connectivity index (χ4n) is 1.45. The average molecular weight is 252 g/mol. The second-order valence-corrected chi connectivity index (χ2v) is 4.11. The monoisotopic (exact) mass is 252 g/mol. The van der Waals surface area contributed by atoms with E-state index in [1.165, 1.54) is 0 Å². The Morgan fingerprint density at radius 3 is 2.61 bits per heavy atom. The van der Waals surface area contributed by atoms with Crippen LogP contribution in [-0.2, 0) is 9.53 Å². The van der Waals surface area contributed by atoms with Crippen molar-refractivity contribution < 1.29 is 14.3 Å². The number of methoxy groups -OCH3 is 1. The van der Waals surface area contributed by atoms with Gasteiger partial charge >= 0.3 is 0 Å². The van der Waals surface area contributed by atoms with E-state index >= 15 is 0 Å². The standard InChI is InChI=1S/C13H20N2O3/c1-10(7-8-17-2)15-11-3-5-12(6-4-11)18-9-13(14)16/h3-6,10,15H,7-9H2,1-2H3,(H2,14,16). The van der Waals surface area contributed by atoms with Crippen molar-refractivity contribution in [2.75, 3.05) is 25.6 Å². The van der Waals surface area contributed by atoms with Crippen LogP contribution in [0.1, 0.15) is 13.3 Å². The van der Waals surface area contributed by atoms with Crippen molar-refractivity contribution >= 4 is 11.6 Å². The van der Waals surface area contributed by atoms with E-state index in [1.54, 1.807) is 19.2 Å². The van der Waals surface area contributed by atoms with Crippen molar-refractivity contribution in [1.82, 2.24) is 0 Å². The molecule has 0 saturated carbocycles. The van der Waals surface area contributed by atoms with Gasteiger partial charge in [0, 0.05) is 25.4 Å². The summed E-state index contributed by atoms with van der Waals surface area (Å²) in [5.74, 6) is 0.147. The van der Waals surface area contributed by atoms with Crippen molar-refractivity contribution in [3.63, 3.8) is 0 Å². The number of carbonyl (C=O) groups is 1. The second-order valence-electron chi connectivity index (χ2n) is 4.11. The maximum Gasteiger partial charge on any atom is 0.255 e. The van der Waals surface area contributed by atoms with Gasteiger partial charge in [-0.05, 0) is 37.6 Å². The van der Waals surface area contributed by atoms with Crippen LogP contribution in [0.4, 0.5) is 5.69 Å². The van der Waals surface area contributed by atoms with Crippen LogP contribution in [0.3, 0.4) is 0 Å². The molecule has 3 N–H and O–H groups in total. The number of anilines is 1. The highest BCUT2D eigenvalue weighted by atomic mass is 16.5. The van der Waals surface area contributed by atoms with E-state index in [2.05, 4.69) is 12.2 Å². The van der Waals surface area contributed by atoms with Gasteiger partial charge in [0.2, 0.25) is 0 Å². The highest BCUT2D eigenvalue weighted by Gasteiger charge is 2.02. The van der Waals surface area contributed by atoms with Crippen LogP contribution in [0, 0.1) is 0 Å². The molecule has 0 spiro atoms. The number of hydrogen-bond acceptors (Lipinski definition) is 4. The van der Waals surface area contributed by atoms with Gasteiger partial charge in [-0.1, -0.05) is 0 Å². The van der Waals surface area contributed by atoms with Crippen molar-refractivity contribution in [3.8, 4) is 5.75 Å². The number of nitrogens with two attached hydrogens (primary N) is 1. The summed E-state index contributed by atoms with van der Waals surface area (Å²) in [6.07, 6.45) is 0.941. The molecule has 0 aliphatic heterocycles. The Bertz CT molecular complexity index is 365. The molecule has 5 heteroatoms. The van der Waals surface area contributed by atoms with E-state index in [9.17, 15) is 4.79 Å². The second kappa shape index (κ2) is 7.55. The van der Waals surface area contributed by atoms with Crippen LogP contribution in [-0.4, -0.2) is 32.3 Å². The predicted octanol–water partition coefficient (Wildman–Crippen LogP) is 1.39. The number of primary amides is 1. The average Bonchev–Trinajstić information content (AvgIpc) is 2.35. The first-order valence-corrected chi connectivity index (χ1v) is 5.88. The van der Waals surface area contributed by atoms with Crippen LogP contribution < -0.4 is 15.8 Å². The Morgan fingerprint density at radius 2 is 2.06 bits per heavy atom. The first-order chi connectivity index (χ1) is 8.61. The Balaban J connectivity index is 2.42. The lowest BCUT2D eigenvalue weighted by atomic mass is 10.2. The van der Waals surface area contributed by atoms with Crippen molar-refractivity contribution in [3.05, 3.63) is 24.3 Å². The molecular formula is C13H20N2O3. The summed E-state index contributed by atoms with van der Waals surface area (Å²) in [6.45, 7) is 2.72. The molecule has 1 unspecified atom stereocenters. The molecule has 0 heterocycles. The summed E-state index contributed by atoms with van der Waals surface area (Å²) in [5, 5.41) is 3.34. The van der Waals surface area contributed by atoms with Gasteiger partial charge in [-0.3, -0.25) is 4.79 Å². The van der Waals surface area contributed by atoms with Gasteiger partial charge in [0.1, 0.15) is 5.75 Å². The minimum absolute atomic E-state index is 0.100. The number of rotatable bonds is 8. The van der Waals surface area contributed by atoms with E-state index in [0.717, 1.165) is 18.7 Å². The summed E-state index contributed by atoms with van der Waals surface area (Å²) in [7, 11) is 1.69. The largest absolute Gasteiger partial charge is 0.484 e. The highest BCUT2D eigenvalue weighted by molar-refractivity contribution is 5.75. The summed E-state index contributed by atoms with van der Waals surface area (Å²) < 4.78 is 10.2. The highest BCUT2D eigenvalue weighted by Crippen LogP contribution is 2.16. The summed E-state index contributed by atoms with van der Waals surface area (Å²) in [6, 6.07) is 7.74. The van der Waals surface area contributed by atoms with E-state index in [1.807, 2.05) is 12.1 Å². The normalized spacial score (nSPS) is 11.9. The van der Waals surface area contributed by atoms with Crippen molar-refractivity contribution in [2.24, 2.45) is 5.73 Å². The third kappa shape index (κ3) is 5.54. The zero-order chi connectivity index (χ0) is 13.4. The minimum atomic E-state index is -0.481. The summed E-state index contributed by atoms with van der Waals surface area (Å²) in [5.41, 5.74) is 6.00. The Kier molecular flexibility index (Phi) is 6.00. The number of benzene rings is 1. The molecule has 0 aliphatic rings. The molecule has 0 bridgehead atoms. The van der Waals surface area contributed by atoms with E-state index < -0.39 is 5.91 Å². The first-order valence-electron chi connectivity index (χ1n) is 5.88. The molecule has 1 aromatic rings. The van der Waals surface area contributed by atoms with Crippen molar-refractivity contribution in [1.29, 1.82) is 0 Å². The molecule has 0 aromatic heterocycles. The van der Waals surface area contributed by atoms with Gasteiger partial charge < -0.3 is 20.5 Å². The van der Waals surface area contributed by atoms with E-state index in [4.69, 9.17) is 15.2 Å². The molecular weight excluding hydrogens is 232 g/mol. The number of ether oxygens (including phenoxy) is 2. The van der Waals surface area contributed by atoms with Gasteiger partial charge in [-0.2, -0.15) is 0 Å². The SMILES string of the molecule is COCCC(C)Nc1ccc(OCC(N)=O)cc1. The third-order valence-corrected chi connectivity index (χ3v) is 2.40. The minimum Gasteiger partial charge on any atom is -0.484 e. The Hall–Kier alpha value is -1.75. The smallest absolute Gasteiger partial charge is 0.255 e. The number of amides is 1. The zero-order valence-electron chi connectivity index (χ0n) is 10.8. The molecule has 100 valence electrons. The van der Waals surface area contributed by atoms with Crippen LogP contribution in [0.15, 0.2) is 24.3 Å². The summed E-state index contributed by atoms with van der Waals surface area (Å²) in [4.78, 5) is 10.6. The van der Waals surface area contributed by atoms with E-state index in [0.29, 0.717) is 11.8 Å². The van der Waals surface area contributed by atoms with Gasteiger partial charge in [0.25, 0.3) is 5.91 Å². The predicted molar refractivity (Wildman–Crippen MR) is 70.7 cm³/mol. The van der Waals surface area contributed by atoms with Gasteiger partial charge in [0.15, 0.2) is 6.61 Å². The molecule has 1 amide bonds. The lowest BCUT2D eigenvalue weighted by molar-refractivity contribution is -0.119. The third-order valence-electron chi connectivity index (χ3n) is 2.40. The molecule has 0 radical (unpaired) electrons. The topological polar surface area (TPSA) is 73.6 Å². The van der Waals surface area contributed by atoms with Crippen molar-refractivity contribution in [2.45, 2.75) is 19.4 Å². The number of nitrogens with one attached hydrogen (secondary N) is 1. The molecule has 1 aromatic carbocycles. The molecule has 1 atom stereocenters. The maximum absolute atomic E-state index is 10.6. The lowest BCUT2D eigenvalue weighted by Gasteiger charge is -2.15. The fourth-order valence-corrected chi connectivity index (χ4v) is 1.45. The zero-order valence-corrected chi connectivity index (χ0v) is 10.8. The molecule has 5 nitrogen and oxygen atoms in total. The van der Waals surface area contributed by atoms with Crippen LogP contribution in [0.2, 0.25) is 0 Å². The Labute approximate surface area is 107 Å². The number of hydrogen-bond donors (Lipinski definition) is 2. The molecule has 0 saturated heterocycles. The van der Waals surface area contributed by atoms with Gasteiger partial charge in [0.05, 0.1) is 0 Å². The van der Waals surface area contributed by atoms with Gasteiger partial charge in [-0.25, -0.2) is 0 Å². The lowest BCUT2D eigenvalue weighted by Crippen LogP contribution is -2.20. The molecule has 18 heavy (non-hydrogen) atoms. The summed E-state index contributed by atoms with van der Waals surface area (Å²) >= 11 is 0. The fraction of sp³-hybridized carbons (Fsp3) is 0.462. The quantitative estimate of drug-likeness (QED) is 0.733. The van der Waals surface area contributed by atoms with E-state index in [-0.39, 0.29) is 6.61 Å². The first kappa shape index (κ1) is 14.3. The molecule has 0 aliphatic carbocycles. The van der Waals surface area contributed by atoms with Crippen LogP contribution in [0.25, 0.3) is 0 Å². The Morgan fingerprint density at radius 1 is 1.39 bits per heavy atom. The van der Waals surface area contributed by atoms with Crippen LogP contribution >= 0.6 is 0 Å². The number of carbonyl (C=O) groups excluding carboxylic acids is 1. The molecule has 0 fully saturated rings. The maximum atomic E-state index is 10.6. The van der Waals surface area contributed by atoms with Crippen LogP contribution in [0.5, 0.6) is 5.75 Å². The molecule has 1 rings (SSSR count). The van der Waals surface area contributed by atoms with Gasteiger partial charge in [-0.15, -0.1) is 0 Å².